The van der Waals surface area contributed by atoms with E-state index in [9.17, 15) is 9.90 Å². The monoisotopic (exact) mass is 259 g/mol. The van der Waals surface area contributed by atoms with Crippen LogP contribution in [0.4, 0.5) is 0 Å². The van der Waals surface area contributed by atoms with Crippen molar-refractivity contribution in [1.29, 1.82) is 0 Å². The van der Waals surface area contributed by atoms with E-state index in [0.29, 0.717) is 18.9 Å². The molecule has 17 heavy (non-hydrogen) atoms. The van der Waals surface area contributed by atoms with Gasteiger partial charge in [0.2, 0.25) is 5.91 Å². The summed E-state index contributed by atoms with van der Waals surface area (Å²) >= 11 is 6.03. The van der Waals surface area contributed by atoms with Crippen LogP contribution in [0.5, 0.6) is 0 Å². The molecule has 1 saturated heterocycles. The maximum atomic E-state index is 12.1. The first-order valence-corrected chi connectivity index (χ1v) is 7.10. The van der Waals surface area contributed by atoms with Crippen LogP contribution in [0.25, 0.3) is 0 Å². The Labute approximate surface area is 108 Å². The number of aliphatic hydroxyl groups is 1. The van der Waals surface area contributed by atoms with Crippen LogP contribution in [0.2, 0.25) is 0 Å². The second kappa shape index (κ2) is 5.15. The number of halogens is 1. The summed E-state index contributed by atoms with van der Waals surface area (Å²) < 4.78 is 0. The molecule has 1 saturated carbocycles. The molecular weight excluding hydrogens is 238 g/mol. The molecule has 1 heterocycles. The summed E-state index contributed by atoms with van der Waals surface area (Å²) in [5.41, 5.74) is -0.0295. The normalized spacial score (nSPS) is 34.5. The number of rotatable bonds is 3. The highest BCUT2D eigenvalue weighted by atomic mass is 35.5. The first-order valence-electron chi connectivity index (χ1n) is 6.66. The minimum absolute atomic E-state index is 0.0295. The molecular formula is C13H22ClNO2. The molecule has 0 aromatic heterocycles. The van der Waals surface area contributed by atoms with Crippen molar-refractivity contribution >= 4 is 17.5 Å². The summed E-state index contributed by atoms with van der Waals surface area (Å²) in [5, 5.41) is 9.28. The van der Waals surface area contributed by atoms with Crippen molar-refractivity contribution in [3.05, 3.63) is 0 Å². The number of carbonyl (C=O) groups is 1. The molecule has 3 atom stereocenters. The van der Waals surface area contributed by atoms with Crippen LogP contribution in [0, 0.1) is 11.3 Å². The molecule has 2 rings (SSSR count). The zero-order valence-corrected chi connectivity index (χ0v) is 11.2. The predicted octanol–water partition coefficient (Wildman–Crippen LogP) is 2.01. The fourth-order valence-corrected chi connectivity index (χ4v) is 3.52. The number of aliphatic hydroxyl groups excluding tert-OH is 1. The zero-order valence-electron chi connectivity index (χ0n) is 10.5. The number of alkyl halides is 1. The van der Waals surface area contributed by atoms with Gasteiger partial charge < -0.3 is 10.0 Å². The largest absolute Gasteiger partial charge is 0.396 e. The first kappa shape index (κ1) is 13.2. The lowest BCUT2D eigenvalue weighted by Crippen LogP contribution is -2.39. The van der Waals surface area contributed by atoms with Gasteiger partial charge in [-0.2, -0.15) is 0 Å². The highest BCUT2D eigenvalue weighted by Gasteiger charge is 2.48. The van der Waals surface area contributed by atoms with Crippen LogP contribution in [0.1, 0.15) is 39.0 Å². The highest BCUT2D eigenvalue weighted by molar-refractivity contribution is 6.30. The van der Waals surface area contributed by atoms with E-state index >= 15 is 0 Å². The Morgan fingerprint density at radius 3 is 2.94 bits per heavy atom. The predicted molar refractivity (Wildman–Crippen MR) is 68.0 cm³/mol. The third-order valence-corrected chi connectivity index (χ3v) is 5.04. The van der Waals surface area contributed by atoms with Crippen molar-refractivity contribution in [2.45, 2.75) is 44.4 Å². The van der Waals surface area contributed by atoms with Gasteiger partial charge in [-0.05, 0) is 25.2 Å². The van der Waals surface area contributed by atoms with Crippen LogP contribution in [0.3, 0.4) is 0 Å². The topological polar surface area (TPSA) is 40.5 Å². The molecule has 1 aliphatic carbocycles. The fourth-order valence-electron chi connectivity index (χ4n) is 3.38. The summed E-state index contributed by atoms with van der Waals surface area (Å²) in [6, 6.07) is 0. The Balaban J connectivity index is 2.08. The second-order valence-electron chi connectivity index (χ2n) is 5.56. The molecule has 1 N–H and O–H groups in total. The third kappa shape index (κ3) is 2.32. The molecule has 2 aliphatic rings. The lowest BCUT2D eigenvalue weighted by atomic mass is 9.69. The minimum atomic E-state index is -0.397. The smallest absolute Gasteiger partial charge is 0.240 e. The van der Waals surface area contributed by atoms with Crippen molar-refractivity contribution in [2.24, 2.45) is 11.3 Å². The molecule has 3 nitrogen and oxygen atoms in total. The number of hydrogen-bond donors (Lipinski definition) is 1. The quantitative estimate of drug-likeness (QED) is 0.788. The van der Waals surface area contributed by atoms with Gasteiger partial charge in [0.1, 0.15) is 5.38 Å². The van der Waals surface area contributed by atoms with E-state index < -0.39 is 5.38 Å². The Kier molecular flexibility index (Phi) is 3.99. The first-order chi connectivity index (χ1) is 8.13. The van der Waals surface area contributed by atoms with Crippen LogP contribution >= 0.6 is 11.6 Å². The van der Waals surface area contributed by atoms with E-state index in [1.807, 2.05) is 11.8 Å². The van der Waals surface area contributed by atoms with E-state index in [1.54, 1.807) is 0 Å². The Bertz CT molecular complexity index is 297. The maximum Gasteiger partial charge on any atom is 0.240 e. The van der Waals surface area contributed by atoms with Crippen molar-refractivity contribution < 1.29 is 9.90 Å². The number of hydrogen-bond acceptors (Lipinski definition) is 2. The lowest BCUT2D eigenvalue weighted by Gasteiger charge is -2.36. The van der Waals surface area contributed by atoms with Crippen LogP contribution in [-0.4, -0.2) is 41.0 Å². The molecule has 1 aliphatic heterocycles. The van der Waals surface area contributed by atoms with Gasteiger partial charge in [0, 0.05) is 18.5 Å². The Hall–Kier alpha value is -0.280. The standard InChI is InChI=1S/C13H22ClNO2/c1-2-11(14)12(17)15-7-10-5-3-4-6-13(10,8-15)9-16/h10-11,16H,2-9H2,1H3. The van der Waals surface area contributed by atoms with Gasteiger partial charge in [-0.15, -0.1) is 11.6 Å². The SMILES string of the molecule is CCC(Cl)C(=O)N1CC2CCCCC2(CO)C1. The molecule has 0 aromatic carbocycles. The van der Waals surface area contributed by atoms with Gasteiger partial charge in [-0.3, -0.25) is 4.79 Å². The van der Waals surface area contributed by atoms with Gasteiger partial charge in [-0.1, -0.05) is 19.8 Å². The van der Waals surface area contributed by atoms with E-state index in [1.165, 1.54) is 12.8 Å². The molecule has 0 spiro atoms. The summed E-state index contributed by atoms with van der Waals surface area (Å²) in [6.07, 6.45) is 5.28. The molecule has 98 valence electrons. The average Bonchev–Trinajstić information content (AvgIpc) is 2.76. The van der Waals surface area contributed by atoms with Gasteiger partial charge in [0.15, 0.2) is 0 Å². The number of amides is 1. The fraction of sp³-hybridized carbons (Fsp3) is 0.923. The van der Waals surface area contributed by atoms with Crippen LogP contribution in [-0.2, 0) is 4.79 Å². The van der Waals surface area contributed by atoms with E-state index in [4.69, 9.17) is 11.6 Å². The molecule has 2 fully saturated rings. The number of nitrogens with zero attached hydrogens (tertiary/aromatic N) is 1. The Morgan fingerprint density at radius 1 is 1.59 bits per heavy atom. The van der Waals surface area contributed by atoms with Crippen molar-refractivity contribution in [1.82, 2.24) is 4.90 Å². The Morgan fingerprint density at radius 2 is 2.35 bits per heavy atom. The summed E-state index contributed by atoms with van der Waals surface area (Å²) in [4.78, 5) is 14.0. The van der Waals surface area contributed by atoms with Gasteiger partial charge in [0.05, 0.1) is 6.61 Å². The second-order valence-corrected chi connectivity index (χ2v) is 6.08. The number of carbonyl (C=O) groups excluding carboxylic acids is 1. The highest BCUT2D eigenvalue weighted by Crippen LogP contribution is 2.46. The zero-order chi connectivity index (χ0) is 12.5. The molecule has 1 amide bonds. The van der Waals surface area contributed by atoms with Crippen LogP contribution < -0.4 is 0 Å². The summed E-state index contributed by atoms with van der Waals surface area (Å²) in [6.45, 7) is 3.64. The lowest BCUT2D eigenvalue weighted by molar-refractivity contribution is -0.130. The van der Waals surface area contributed by atoms with E-state index in [2.05, 4.69) is 0 Å². The van der Waals surface area contributed by atoms with Crippen molar-refractivity contribution in [3.8, 4) is 0 Å². The maximum absolute atomic E-state index is 12.1. The molecule has 0 bridgehead atoms. The molecule has 0 aromatic rings. The van der Waals surface area contributed by atoms with E-state index in [0.717, 1.165) is 19.4 Å². The number of likely N-dealkylation sites (tertiary alicyclic amines) is 1. The van der Waals surface area contributed by atoms with Crippen molar-refractivity contribution in [2.75, 3.05) is 19.7 Å². The molecule has 3 unspecified atom stereocenters. The minimum Gasteiger partial charge on any atom is -0.396 e. The molecule has 4 heteroatoms. The van der Waals surface area contributed by atoms with Gasteiger partial charge in [-0.25, -0.2) is 0 Å². The van der Waals surface area contributed by atoms with Gasteiger partial charge in [0.25, 0.3) is 0 Å². The van der Waals surface area contributed by atoms with Crippen molar-refractivity contribution in [3.63, 3.8) is 0 Å². The van der Waals surface area contributed by atoms with E-state index in [-0.39, 0.29) is 17.9 Å². The summed E-state index contributed by atoms with van der Waals surface area (Å²) in [7, 11) is 0. The average molecular weight is 260 g/mol. The number of fused-ring (bicyclic) bond motifs is 1. The summed E-state index contributed by atoms with van der Waals surface area (Å²) in [5.74, 6) is 0.530. The third-order valence-electron chi connectivity index (χ3n) is 4.54. The molecule has 0 radical (unpaired) electrons. The van der Waals surface area contributed by atoms with Gasteiger partial charge >= 0.3 is 0 Å². The van der Waals surface area contributed by atoms with Crippen LogP contribution in [0.15, 0.2) is 0 Å².